The molecule has 0 fully saturated rings. The van der Waals surface area contributed by atoms with Gasteiger partial charge in [0.05, 0.1) is 5.97 Å². The van der Waals surface area contributed by atoms with Gasteiger partial charge in [-0.05, 0) is 12.8 Å². The molecule has 0 amide bonds. The van der Waals surface area contributed by atoms with Gasteiger partial charge in [0.2, 0.25) is 0 Å². The number of carboxylic acid groups (broad SMARTS) is 2. The van der Waals surface area contributed by atoms with Crippen LogP contribution in [0.4, 0.5) is 0 Å². The second-order valence-corrected chi connectivity index (χ2v) is 5.52. The molecule has 0 bridgehead atoms. The van der Waals surface area contributed by atoms with Crippen molar-refractivity contribution >= 4 is 11.9 Å². The Hall–Kier alpha value is 2.54. The van der Waals surface area contributed by atoms with Crippen molar-refractivity contribution in [1.82, 2.24) is 0 Å². The summed E-state index contributed by atoms with van der Waals surface area (Å²) in [7, 11) is 0. The quantitative estimate of drug-likeness (QED) is 0.188. The maximum Gasteiger partial charge on any atom is 1.00 e. The van der Waals surface area contributed by atoms with Gasteiger partial charge >= 0.3 is 110 Å². The van der Waals surface area contributed by atoms with Crippen LogP contribution in [0.5, 0.6) is 0 Å². The molecule has 25 heavy (non-hydrogen) atoms. The average molecular weight is 400 g/mol. The van der Waals surface area contributed by atoms with Crippen molar-refractivity contribution in [3.8, 4) is 0 Å². The maximum absolute atomic E-state index is 9.86. The van der Waals surface area contributed by atoms with E-state index in [2.05, 4.69) is 13.8 Å². The van der Waals surface area contributed by atoms with Gasteiger partial charge in [0.25, 0.3) is 0 Å². The zero-order chi connectivity index (χ0) is 17.2. The first-order chi connectivity index (χ1) is 10.5. The monoisotopic (exact) mass is 399 g/mol. The topological polar surface area (TPSA) is 106 Å². The summed E-state index contributed by atoms with van der Waals surface area (Å²) in [5, 5.41) is 19.6. The van der Waals surface area contributed by atoms with Crippen molar-refractivity contribution in [3.63, 3.8) is 0 Å². The molecule has 0 saturated carbocycles. The van der Waals surface area contributed by atoms with E-state index in [-0.39, 0.29) is 123 Å². The summed E-state index contributed by atoms with van der Waals surface area (Å²) >= 11 is 0. The fraction of sp³-hybridized carbons (Fsp3) is 0.824. The molecule has 132 valence electrons. The predicted molar refractivity (Wildman–Crippen MR) is 84.4 cm³/mol. The number of nitrogens with two attached hydrogens (primary N) is 1. The Morgan fingerprint density at radius 3 is 1.64 bits per heavy atom. The fourth-order valence-electron chi connectivity index (χ4n) is 1.88. The summed E-state index contributed by atoms with van der Waals surface area (Å²) < 4.78 is 0. The minimum absolute atomic E-state index is 0. The van der Waals surface area contributed by atoms with E-state index in [0.717, 1.165) is 6.42 Å². The van der Waals surface area contributed by atoms with Gasteiger partial charge in [0.1, 0.15) is 0 Å². The Morgan fingerprint density at radius 2 is 1.32 bits per heavy atom. The van der Waals surface area contributed by atoms with Gasteiger partial charge in [-0.1, -0.05) is 64.7 Å². The summed E-state index contributed by atoms with van der Waals surface area (Å²) in [6, 6.07) is -1.21. The van der Waals surface area contributed by atoms with E-state index in [1.807, 2.05) is 0 Å². The minimum atomic E-state index is -1.44. The van der Waals surface area contributed by atoms with Crippen LogP contribution in [-0.2, 0) is 9.59 Å². The number of carboxylic acids is 2. The standard InChI is InChI=1S/C12H25.C5H9NO4.K.2Na/c1-3-5-7-9-11-12-10-8-6-4-2;6-3(5(9)10)1-2-4(7)8;;;/h1,3-12H2,2H3;3H,1-2,6H2,(H,7,8)(H,9,10);;;/q-1;;3*+1/p-2. The van der Waals surface area contributed by atoms with Crippen molar-refractivity contribution in [1.29, 1.82) is 0 Å². The van der Waals surface area contributed by atoms with E-state index in [9.17, 15) is 19.8 Å². The van der Waals surface area contributed by atoms with Crippen molar-refractivity contribution in [2.24, 2.45) is 5.73 Å². The van der Waals surface area contributed by atoms with Gasteiger partial charge in [0.15, 0.2) is 0 Å². The van der Waals surface area contributed by atoms with Crippen LogP contribution in [0.25, 0.3) is 0 Å². The van der Waals surface area contributed by atoms with Crippen LogP contribution in [0.2, 0.25) is 0 Å². The molecule has 0 aliphatic carbocycles. The van der Waals surface area contributed by atoms with Crippen LogP contribution in [0.3, 0.4) is 0 Å². The average Bonchev–Trinajstić information content (AvgIpc) is 2.48. The van der Waals surface area contributed by atoms with Crippen LogP contribution in [0, 0.1) is 6.92 Å². The molecule has 0 radical (unpaired) electrons. The molecule has 0 saturated heterocycles. The molecule has 0 aromatic rings. The molecule has 1 atom stereocenters. The maximum atomic E-state index is 9.86. The Morgan fingerprint density at radius 1 is 0.920 bits per heavy atom. The molecule has 0 aromatic carbocycles. The Kier molecular flexibility index (Phi) is 47.7. The van der Waals surface area contributed by atoms with Gasteiger partial charge in [-0.15, -0.1) is 0 Å². The van der Waals surface area contributed by atoms with E-state index in [1.165, 1.54) is 57.8 Å². The number of carbonyl (C=O) groups excluding carboxylic acids is 2. The smallest absolute Gasteiger partial charge is 0.550 e. The number of unbranched alkanes of at least 4 members (excludes halogenated alkanes) is 9. The molecule has 0 rings (SSSR count). The number of hydrogen-bond acceptors (Lipinski definition) is 5. The summed E-state index contributed by atoms with van der Waals surface area (Å²) in [5.41, 5.74) is 4.91. The third-order valence-corrected chi connectivity index (χ3v) is 3.32. The zero-order valence-electron chi connectivity index (χ0n) is 17.0. The molecule has 2 N–H and O–H groups in total. The molecule has 0 spiro atoms. The van der Waals surface area contributed by atoms with Gasteiger partial charge in [-0.25, -0.2) is 0 Å². The summed E-state index contributed by atoms with van der Waals surface area (Å²) in [5.74, 6) is -2.75. The van der Waals surface area contributed by atoms with Crippen molar-refractivity contribution in [2.75, 3.05) is 0 Å². The fourth-order valence-corrected chi connectivity index (χ4v) is 1.88. The van der Waals surface area contributed by atoms with Crippen LogP contribution >= 0.6 is 0 Å². The van der Waals surface area contributed by atoms with E-state index in [0.29, 0.717) is 0 Å². The largest absolute Gasteiger partial charge is 1.00 e. The first-order valence-electron chi connectivity index (χ1n) is 8.41. The second-order valence-electron chi connectivity index (χ2n) is 5.52. The SMILES string of the molecule is NC(CCC(=O)[O-])C(=O)[O-].[CH2-]CCCCCCCCCCC.[K+].[Na+].[Na+]. The van der Waals surface area contributed by atoms with Gasteiger partial charge in [-0.3, -0.25) is 0 Å². The molecular weight excluding hydrogens is 367 g/mol. The Balaban J connectivity index is -0.0000000964. The van der Waals surface area contributed by atoms with E-state index in [4.69, 9.17) is 5.73 Å². The second kappa shape index (κ2) is 31.2. The summed E-state index contributed by atoms with van der Waals surface area (Å²) in [4.78, 5) is 19.6. The van der Waals surface area contributed by atoms with Gasteiger partial charge in [-0.2, -0.15) is 6.42 Å². The Bertz CT molecular complexity index is 275. The molecule has 5 nitrogen and oxygen atoms in total. The molecule has 0 aliphatic rings. The zero-order valence-corrected chi connectivity index (χ0v) is 24.1. The first kappa shape index (κ1) is 38.2. The van der Waals surface area contributed by atoms with E-state index >= 15 is 0 Å². The van der Waals surface area contributed by atoms with Gasteiger partial charge < -0.3 is 32.5 Å². The third-order valence-electron chi connectivity index (χ3n) is 3.32. The normalized spacial score (nSPS) is 10.0. The molecule has 8 heteroatoms. The number of aliphatic carboxylic acids is 2. The van der Waals surface area contributed by atoms with Crippen molar-refractivity contribution in [3.05, 3.63) is 6.92 Å². The van der Waals surface area contributed by atoms with Crippen LogP contribution in [-0.4, -0.2) is 18.0 Å². The molecule has 1 unspecified atom stereocenters. The van der Waals surface area contributed by atoms with Gasteiger partial charge in [0, 0.05) is 12.0 Å². The van der Waals surface area contributed by atoms with Crippen molar-refractivity contribution < 1.29 is 130 Å². The van der Waals surface area contributed by atoms with E-state index < -0.39 is 18.0 Å². The molecule has 0 aliphatic heterocycles. The number of rotatable bonds is 13. The van der Waals surface area contributed by atoms with Crippen LogP contribution < -0.4 is 126 Å². The number of hydrogen-bond donors (Lipinski definition) is 1. The third kappa shape index (κ3) is 37.9. The molecule has 0 heterocycles. The summed E-state index contributed by atoms with van der Waals surface area (Å²) in [6.45, 7) is 6.12. The van der Waals surface area contributed by atoms with Crippen LogP contribution in [0.15, 0.2) is 0 Å². The van der Waals surface area contributed by atoms with Crippen molar-refractivity contribution in [2.45, 2.75) is 90.0 Å². The minimum Gasteiger partial charge on any atom is -0.550 e. The first-order valence-corrected chi connectivity index (χ1v) is 8.41. The van der Waals surface area contributed by atoms with E-state index in [1.54, 1.807) is 0 Å². The molecular formula is C17H32KNNa2O4. The summed E-state index contributed by atoms with van der Waals surface area (Å²) in [6.07, 6.45) is 13.4. The van der Waals surface area contributed by atoms with Crippen LogP contribution in [0.1, 0.15) is 84.0 Å². The predicted octanol–water partition coefficient (Wildman–Crippen LogP) is -7.65. The number of carbonyl (C=O) groups is 2. The Labute approximate surface area is 241 Å². The molecule has 0 aromatic heterocycles.